The lowest BCUT2D eigenvalue weighted by molar-refractivity contribution is 0.479. The molecule has 0 aliphatic rings. The molecule has 1 N–H and O–H groups in total. The molecule has 0 saturated carbocycles. The molecule has 3 aromatic heterocycles. The Morgan fingerprint density at radius 3 is 3.05 bits per heavy atom. The maximum atomic E-state index is 11.4. The summed E-state index contributed by atoms with van der Waals surface area (Å²) in [5.74, 6) is 0.678. The van der Waals surface area contributed by atoms with Gasteiger partial charge in [0.2, 0.25) is 0 Å². The third-order valence-corrected chi connectivity index (χ3v) is 3.93. The van der Waals surface area contributed by atoms with Gasteiger partial charge in [-0.05, 0) is 17.7 Å². The number of oxazole rings is 1. The van der Waals surface area contributed by atoms with Crippen molar-refractivity contribution >= 4 is 33.1 Å². The van der Waals surface area contributed by atoms with Crippen LogP contribution in [0.3, 0.4) is 0 Å². The fourth-order valence-corrected chi connectivity index (χ4v) is 2.65. The third-order valence-electron chi connectivity index (χ3n) is 3.27. The van der Waals surface area contributed by atoms with Gasteiger partial charge in [-0.15, -0.1) is 0 Å². The molecule has 0 saturated heterocycles. The number of rotatable bonds is 3. The van der Waals surface area contributed by atoms with Crippen molar-refractivity contribution in [3.63, 3.8) is 0 Å². The van der Waals surface area contributed by atoms with Crippen molar-refractivity contribution in [2.24, 2.45) is 0 Å². The number of hydrogen-bond acceptors (Lipinski definition) is 6. The lowest BCUT2D eigenvalue weighted by Crippen LogP contribution is -1.96. The average molecular weight is 313 g/mol. The van der Waals surface area contributed by atoms with Crippen LogP contribution in [0.1, 0.15) is 11.4 Å². The Kier molecular flexibility index (Phi) is 2.97. The highest BCUT2D eigenvalue weighted by Crippen LogP contribution is 2.20. The smallest absolute Gasteiger partial charge is 0.287 e. The maximum absolute atomic E-state index is 11.4. The highest BCUT2D eigenvalue weighted by Gasteiger charge is 2.10. The second-order valence-corrected chi connectivity index (χ2v) is 6.10. The van der Waals surface area contributed by atoms with E-state index in [4.69, 9.17) is 4.42 Å². The minimum atomic E-state index is -1.23. The predicted octanol–water partition coefficient (Wildman–Crippen LogP) is 1.82. The van der Waals surface area contributed by atoms with Gasteiger partial charge >= 0.3 is 0 Å². The van der Waals surface area contributed by atoms with Crippen molar-refractivity contribution in [1.29, 1.82) is 0 Å². The van der Waals surface area contributed by atoms with Crippen molar-refractivity contribution in [1.82, 2.24) is 24.9 Å². The van der Waals surface area contributed by atoms with E-state index in [1.165, 1.54) is 0 Å². The van der Waals surface area contributed by atoms with Crippen LogP contribution >= 0.6 is 0 Å². The van der Waals surface area contributed by atoms with Crippen LogP contribution in [0.5, 0.6) is 0 Å². The van der Waals surface area contributed by atoms with E-state index < -0.39 is 10.8 Å². The Balaban J connectivity index is 1.69. The summed E-state index contributed by atoms with van der Waals surface area (Å²) < 4.78 is 16.9. The average Bonchev–Trinajstić information content (AvgIpc) is 3.12. The van der Waals surface area contributed by atoms with E-state index in [1.54, 1.807) is 18.8 Å². The molecule has 1 aromatic carbocycles. The monoisotopic (exact) mass is 313 g/mol. The summed E-state index contributed by atoms with van der Waals surface area (Å²) in [6.07, 6.45) is 5.41. The van der Waals surface area contributed by atoms with Crippen molar-refractivity contribution in [3.8, 4) is 0 Å². The van der Waals surface area contributed by atoms with Crippen LogP contribution < -0.4 is 0 Å². The predicted molar refractivity (Wildman–Crippen MR) is 80.8 cm³/mol. The fraction of sp³-hybridized carbons (Fsp3) is 0.143. The summed E-state index contributed by atoms with van der Waals surface area (Å²) in [4.78, 5) is 20.0. The Hall–Kier alpha value is -2.61. The molecule has 3 heterocycles. The minimum absolute atomic E-state index is 0.237. The number of hydrogen-bond donors (Lipinski definition) is 1. The van der Waals surface area contributed by atoms with Gasteiger partial charge in [0.25, 0.3) is 5.22 Å². The molecule has 4 rings (SSSR count). The molecule has 0 aliphatic heterocycles. The largest absolute Gasteiger partial charge is 0.430 e. The Labute approximate surface area is 127 Å². The first-order valence-electron chi connectivity index (χ1n) is 6.57. The number of fused-ring (bicyclic) bond motifs is 2. The highest BCUT2D eigenvalue weighted by atomic mass is 32.2. The molecule has 4 aromatic rings. The van der Waals surface area contributed by atoms with Crippen LogP contribution in [0.25, 0.3) is 22.3 Å². The van der Waals surface area contributed by atoms with Gasteiger partial charge in [-0.2, -0.15) is 0 Å². The standard InChI is InChI=1S/C14H11N5O2S/c1-22(20)14-18-9-3-2-8(4-11(9)21-14)5-12-15-6-10-13(19-12)17-7-16-10/h2-4,6-7H,5H2,1H3,(H,15,16,17,19). The second kappa shape index (κ2) is 4.99. The van der Waals surface area contributed by atoms with Crippen molar-refractivity contribution in [2.45, 2.75) is 11.6 Å². The van der Waals surface area contributed by atoms with Crippen molar-refractivity contribution in [2.75, 3.05) is 6.26 Å². The van der Waals surface area contributed by atoms with Gasteiger partial charge in [-0.25, -0.2) is 24.1 Å². The van der Waals surface area contributed by atoms with Crippen LogP contribution in [-0.2, 0) is 17.2 Å². The van der Waals surface area contributed by atoms with Crippen LogP contribution in [0.2, 0.25) is 0 Å². The number of aromatic amines is 1. The lowest BCUT2D eigenvalue weighted by atomic mass is 10.1. The molecule has 8 heteroatoms. The van der Waals surface area contributed by atoms with Crippen LogP contribution in [0.4, 0.5) is 0 Å². The van der Waals surface area contributed by atoms with Gasteiger partial charge < -0.3 is 9.40 Å². The molecule has 0 radical (unpaired) electrons. The third kappa shape index (κ3) is 2.27. The van der Waals surface area contributed by atoms with Crippen molar-refractivity contribution < 1.29 is 8.63 Å². The first-order valence-corrected chi connectivity index (χ1v) is 8.13. The van der Waals surface area contributed by atoms with Crippen LogP contribution in [0.15, 0.2) is 40.4 Å². The number of aromatic nitrogens is 5. The zero-order valence-electron chi connectivity index (χ0n) is 11.6. The quantitative estimate of drug-likeness (QED) is 0.619. The first kappa shape index (κ1) is 13.1. The molecule has 0 fully saturated rings. The van der Waals surface area contributed by atoms with Crippen molar-refractivity contribution in [3.05, 3.63) is 42.1 Å². The van der Waals surface area contributed by atoms with E-state index in [0.717, 1.165) is 11.1 Å². The van der Waals surface area contributed by atoms with E-state index in [0.29, 0.717) is 29.0 Å². The summed E-state index contributed by atoms with van der Waals surface area (Å²) in [6.45, 7) is 0. The lowest BCUT2D eigenvalue weighted by Gasteiger charge is -2.00. The molecule has 1 unspecified atom stereocenters. The number of H-pyrrole nitrogens is 1. The first-order chi connectivity index (χ1) is 10.7. The Morgan fingerprint density at radius 2 is 2.18 bits per heavy atom. The number of imidazole rings is 1. The van der Waals surface area contributed by atoms with Gasteiger partial charge in [0.05, 0.1) is 12.5 Å². The zero-order valence-corrected chi connectivity index (χ0v) is 12.4. The van der Waals surface area contributed by atoms with Gasteiger partial charge in [-0.3, -0.25) is 0 Å². The normalized spacial score (nSPS) is 13.0. The van der Waals surface area contributed by atoms with E-state index in [-0.39, 0.29) is 5.22 Å². The molecule has 0 amide bonds. The van der Waals surface area contributed by atoms with E-state index in [9.17, 15) is 4.21 Å². The van der Waals surface area contributed by atoms with Gasteiger partial charge in [0, 0.05) is 12.7 Å². The SMILES string of the molecule is CS(=O)c1nc2ccc(Cc3ncc4[nH]cnc4n3)cc2o1. The molecule has 22 heavy (non-hydrogen) atoms. The molecule has 0 bridgehead atoms. The van der Waals surface area contributed by atoms with E-state index >= 15 is 0 Å². The number of benzene rings is 1. The molecule has 1 atom stereocenters. The molecule has 7 nitrogen and oxygen atoms in total. The summed E-state index contributed by atoms with van der Waals surface area (Å²) in [7, 11) is -1.23. The van der Waals surface area contributed by atoms with Crippen LogP contribution in [-0.4, -0.2) is 35.4 Å². The number of nitrogens with zero attached hydrogens (tertiary/aromatic N) is 4. The minimum Gasteiger partial charge on any atom is -0.430 e. The van der Waals surface area contributed by atoms with Gasteiger partial charge in [0.1, 0.15) is 27.7 Å². The topological polar surface area (TPSA) is 97.6 Å². The molecule has 110 valence electrons. The van der Waals surface area contributed by atoms with Gasteiger partial charge in [0.15, 0.2) is 11.2 Å². The van der Waals surface area contributed by atoms with Gasteiger partial charge in [-0.1, -0.05) is 6.07 Å². The maximum Gasteiger partial charge on any atom is 0.287 e. The molecule has 0 spiro atoms. The highest BCUT2D eigenvalue weighted by molar-refractivity contribution is 7.84. The molecular formula is C14H11N5O2S. The summed E-state index contributed by atoms with van der Waals surface area (Å²) in [6, 6.07) is 5.65. The van der Waals surface area contributed by atoms with Crippen LogP contribution in [0, 0.1) is 0 Å². The second-order valence-electron chi connectivity index (χ2n) is 4.84. The molecular weight excluding hydrogens is 302 g/mol. The van der Waals surface area contributed by atoms with E-state index in [1.807, 2.05) is 18.2 Å². The van der Waals surface area contributed by atoms with E-state index in [2.05, 4.69) is 24.9 Å². The fourth-order valence-electron chi connectivity index (χ4n) is 2.22. The Morgan fingerprint density at radius 1 is 1.27 bits per heavy atom. The molecule has 0 aliphatic carbocycles. The summed E-state index contributed by atoms with van der Waals surface area (Å²) in [5.41, 5.74) is 3.76. The summed E-state index contributed by atoms with van der Waals surface area (Å²) in [5, 5.41) is 0.237. The summed E-state index contributed by atoms with van der Waals surface area (Å²) >= 11 is 0. The zero-order chi connectivity index (χ0) is 15.1. The Bertz CT molecular complexity index is 1010. The number of nitrogens with one attached hydrogen (secondary N) is 1.